The largest absolute Gasteiger partial charge is 0.398 e. The van der Waals surface area contributed by atoms with Crippen molar-refractivity contribution < 1.29 is 13.5 Å². The fraction of sp³-hybridized carbons (Fsp3) is 0.333. The summed E-state index contributed by atoms with van der Waals surface area (Å²) in [4.78, 5) is -0.155. The first-order valence-electron chi connectivity index (χ1n) is 4.56. The van der Waals surface area contributed by atoms with Crippen molar-refractivity contribution in [3.8, 4) is 0 Å². The fourth-order valence-corrected chi connectivity index (χ4v) is 2.91. The quantitative estimate of drug-likeness (QED) is 0.694. The molecule has 1 rings (SSSR count). The molecule has 5 nitrogen and oxygen atoms in total. The number of nitrogens with one attached hydrogen (secondary N) is 1. The van der Waals surface area contributed by atoms with Gasteiger partial charge in [-0.05, 0) is 19.1 Å². The van der Waals surface area contributed by atoms with Gasteiger partial charge in [-0.15, -0.1) is 0 Å². The molecule has 0 amide bonds. The van der Waals surface area contributed by atoms with E-state index < -0.39 is 16.1 Å². The highest BCUT2D eigenvalue weighted by Gasteiger charge is 2.20. The zero-order chi connectivity index (χ0) is 12.3. The Hall–Kier alpha value is -0.820. The van der Waals surface area contributed by atoms with E-state index in [-0.39, 0.29) is 22.2 Å². The molecule has 0 radical (unpaired) electrons. The smallest absolute Gasteiger partial charge is 0.244 e. The van der Waals surface area contributed by atoms with Gasteiger partial charge in [0.2, 0.25) is 10.0 Å². The highest BCUT2D eigenvalue weighted by molar-refractivity contribution is 7.89. The molecule has 4 N–H and O–H groups in total. The van der Waals surface area contributed by atoms with E-state index in [2.05, 4.69) is 4.72 Å². The van der Waals surface area contributed by atoms with Crippen LogP contribution in [0.25, 0.3) is 0 Å². The number of aliphatic hydroxyl groups is 1. The van der Waals surface area contributed by atoms with Crippen molar-refractivity contribution in [2.45, 2.75) is 17.9 Å². The van der Waals surface area contributed by atoms with Crippen molar-refractivity contribution in [3.63, 3.8) is 0 Å². The summed E-state index contributed by atoms with van der Waals surface area (Å²) in [7, 11) is -3.78. The summed E-state index contributed by atoms with van der Waals surface area (Å²) in [5, 5.41) is 9.06. The second-order valence-electron chi connectivity index (χ2n) is 3.36. The monoisotopic (exact) mass is 264 g/mol. The van der Waals surface area contributed by atoms with Crippen LogP contribution in [0.2, 0.25) is 5.02 Å². The van der Waals surface area contributed by atoms with Gasteiger partial charge in [0.05, 0.1) is 16.8 Å². The lowest BCUT2D eigenvalue weighted by Crippen LogP contribution is -2.31. The molecule has 90 valence electrons. The lowest BCUT2D eigenvalue weighted by Gasteiger charge is -2.11. The maximum atomic E-state index is 11.8. The van der Waals surface area contributed by atoms with Crippen molar-refractivity contribution in [1.82, 2.24) is 4.72 Å². The van der Waals surface area contributed by atoms with Crippen LogP contribution >= 0.6 is 11.6 Å². The number of nitrogens with two attached hydrogens (primary N) is 1. The van der Waals surface area contributed by atoms with Crippen LogP contribution in [0.3, 0.4) is 0 Å². The number of hydrogen-bond donors (Lipinski definition) is 3. The minimum absolute atomic E-state index is 0.0538. The Labute approximate surface area is 99.3 Å². The van der Waals surface area contributed by atoms with Crippen LogP contribution in [0.5, 0.6) is 0 Å². The Morgan fingerprint density at radius 2 is 2.19 bits per heavy atom. The minimum atomic E-state index is -3.78. The molecule has 0 aliphatic rings. The SMILES string of the molecule is CC(O)CNS(=O)(=O)c1c(N)cccc1Cl. The van der Waals surface area contributed by atoms with Crippen molar-refractivity contribution in [2.75, 3.05) is 12.3 Å². The zero-order valence-electron chi connectivity index (χ0n) is 8.64. The third-order valence-electron chi connectivity index (χ3n) is 1.83. The van der Waals surface area contributed by atoms with Crippen LogP contribution in [0.15, 0.2) is 23.1 Å². The second kappa shape index (κ2) is 5.01. The summed E-state index contributed by atoms with van der Waals surface area (Å²) in [6.45, 7) is 1.38. The first kappa shape index (κ1) is 13.2. The number of rotatable bonds is 4. The summed E-state index contributed by atoms with van der Waals surface area (Å²) < 4.78 is 25.8. The van der Waals surface area contributed by atoms with Crippen LogP contribution in [0, 0.1) is 0 Å². The van der Waals surface area contributed by atoms with Crippen LogP contribution in [0.4, 0.5) is 5.69 Å². The maximum Gasteiger partial charge on any atom is 0.244 e. The number of anilines is 1. The number of aliphatic hydroxyl groups excluding tert-OH is 1. The average molecular weight is 265 g/mol. The summed E-state index contributed by atoms with van der Waals surface area (Å²) in [5.74, 6) is 0. The van der Waals surface area contributed by atoms with Gasteiger partial charge in [-0.25, -0.2) is 13.1 Å². The fourth-order valence-electron chi connectivity index (χ4n) is 1.11. The molecule has 7 heteroatoms. The van der Waals surface area contributed by atoms with E-state index in [0.29, 0.717) is 0 Å². The summed E-state index contributed by atoms with van der Waals surface area (Å²) >= 11 is 5.77. The highest BCUT2D eigenvalue weighted by Crippen LogP contribution is 2.26. The van der Waals surface area contributed by atoms with E-state index in [4.69, 9.17) is 22.4 Å². The Morgan fingerprint density at radius 1 is 1.56 bits per heavy atom. The Balaban J connectivity index is 3.08. The molecule has 0 spiro atoms. The molecule has 0 saturated heterocycles. The van der Waals surface area contributed by atoms with Crippen LogP contribution in [-0.4, -0.2) is 26.2 Å². The molecule has 0 fully saturated rings. The third kappa shape index (κ3) is 3.08. The molecule has 0 aliphatic carbocycles. The van der Waals surface area contributed by atoms with Crippen LogP contribution in [0.1, 0.15) is 6.92 Å². The van der Waals surface area contributed by atoms with E-state index in [1.807, 2.05) is 0 Å². The Kier molecular flexibility index (Phi) is 4.15. The number of benzene rings is 1. The van der Waals surface area contributed by atoms with Crippen molar-refractivity contribution >= 4 is 27.3 Å². The van der Waals surface area contributed by atoms with E-state index in [0.717, 1.165) is 0 Å². The van der Waals surface area contributed by atoms with Crippen LogP contribution in [-0.2, 0) is 10.0 Å². The van der Waals surface area contributed by atoms with E-state index in [1.54, 1.807) is 6.07 Å². The second-order valence-corrected chi connectivity index (χ2v) is 5.47. The van der Waals surface area contributed by atoms with Gasteiger partial charge in [0.1, 0.15) is 4.90 Å². The van der Waals surface area contributed by atoms with Gasteiger partial charge in [0, 0.05) is 6.54 Å². The molecule has 16 heavy (non-hydrogen) atoms. The normalized spacial score (nSPS) is 13.7. The highest BCUT2D eigenvalue weighted by atomic mass is 35.5. The van der Waals surface area contributed by atoms with Gasteiger partial charge in [0.25, 0.3) is 0 Å². The molecule has 0 heterocycles. The van der Waals surface area contributed by atoms with Gasteiger partial charge >= 0.3 is 0 Å². The van der Waals surface area contributed by atoms with Crippen molar-refractivity contribution in [2.24, 2.45) is 0 Å². The summed E-state index contributed by atoms with van der Waals surface area (Å²) in [6.07, 6.45) is -0.779. The van der Waals surface area contributed by atoms with Gasteiger partial charge in [-0.2, -0.15) is 0 Å². The molecular formula is C9H13ClN2O3S. The van der Waals surface area contributed by atoms with Gasteiger partial charge in [-0.3, -0.25) is 0 Å². The van der Waals surface area contributed by atoms with Gasteiger partial charge in [-0.1, -0.05) is 17.7 Å². The minimum Gasteiger partial charge on any atom is -0.398 e. The lowest BCUT2D eigenvalue weighted by atomic mass is 10.3. The van der Waals surface area contributed by atoms with Crippen LogP contribution < -0.4 is 10.5 Å². The molecular weight excluding hydrogens is 252 g/mol. The lowest BCUT2D eigenvalue weighted by molar-refractivity contribution is 0.198. The molecule has 0 saturated carbocycles. The topological polar surface area (TPSA) is 92.4 Å². The maximum absolute atomic E-state index is 11.8. The molecule has 0 aromatic heterocycles. The molecule has 1 aromatic carbocycles. The average Bonchev–Trinajstić information content (AvgIpc) is 2.14. The zero-order valence-corrected chi connectivity index (χ0v) is 10.2. The number of sulfonamides is 1. The van der Waals surface area contributed by atoms with E-state index >= 15 is 0 Å². The van der Waals surface area contributed by atoms with Gasteiger partial charge in [0.15, 0.2) is 0 Å². The Morgan fingerprint density at radius 3 is 2.69 bits per heavy atom. The molecule has 0 aliphatic heterocycles. The molecule has 1 aromatic rings. The number of hydrogen-bond acceptors (Lipinski definition) is 4. The third-order valence-corrected chi connectivity index (χ3v) is 3.80. The first-order chi connectivity index (χ1) is 7.34. The summed E-state index contributed by atoms with van der Waals surface area (Å²) in [6, 6.07) is 4.45. The predicted molar refractivity (Wildman–Crippen MR) is 62.7 cm³/mol. The van der Waals surface area contributed by atoms with E-state index in [1.165, 1.54) is 19.1 Å². The number of nitrogen functional groups attached to an aromatic ring is 1. The Bertz CT molecular complexity index is 453. The van der Waals surface area contributed by atoms with Crippen molar-refractivity contribution in [3.05, 3.63) is 23.2 Å². The molecule has 0 bridgehead atoms. The molecule has 1 unspecified atom stereocenters. The van der Waals surface area contributed by atoms with E-state index in [9.17, 15) is 8.42 Å². The first-order valence-corrected chi connectivity index (χ1v) is 6.42. The van der Waals surface area contributed by atoms with Crippen molar-refractivity contribution in [1.29, 1.82) is 0 Å². The standard InChI is InChI=1S/C9H13ClN2O3S/c1-6(13)5-12-16(14,15)9-7(10)3-2-4-8(9)11/h2-4,6,12-13H,5,11H2,1H3. The molecule has 1 atom stereocenters. The number of halogens is 1. The predicted octanol–water partition coefficient (Wildman–Crippen LogP) is 0.581. The summed E-state index contributed by atoms with van der Waals surface area (Å²) in [5.41, 5.74) is 5.62. The van der Waals surface area contributed by atoms with Gasteiger partial charge < -0.3 is 10.8 Å².